The summed E-state index contributed by atoms with van der Waals surface area (Å²) >= 11 is 1.40. The summed E-state index contributed by atoms with van der Waals surface area (Å²) in [6, 6.07) is 7.81. The zero-order chi connectivity index (χ0) is 13.0. The average Bonchev–Trinajstić information content (AvgIpc) is 2.76. The maximum absolute atomic E-state index is 8.80. The first-order valence-electron chi connectivity index (χ1n) is 5.77. The first-order valence-corrected chi connectivity index (χ1v) is 6.59. The van der Waals surface area contributed by atoms with Gasteiger partial charge in [0.2, 0.25) is 0 Å². The van der Waals surface area contributed by atoms with Crippen molar-refractivity contribution in [3.05, 3.63) is 23.2 Å². The average molecular weight is 261 g/mol. The van der Waals surface area contributed by atoms with Crippen LogP contribution in [0.4, 0.5) is 0 Å². The van der Waals surface area contributed by atoms with Gasteiger partial charge in [-0.25, -0.2) is 4.98 Å². The van der Waals surface area contributed by atoms with Gasteiger partial charge in [-0.2, -0.15) is 5.26 Å². The summed E-state index contributed by atoms with van der Waals surface area (Å²) in [5.74, 6) is 0.842. The highest BCUT2D eigenvalue weighted by atomic mass is 32.1. The number of hydrogen-bond acceptors (Lipinski definition) is 5. The Morgan fingerprint density at radius 2 is 2.28 bits per heavy atom. The molecule has 0 amide bonds. The lowest BCUT2D eigenvalue weighted by atomic mass is 10.3. The van der Waals surface area contributed by atoms with E-state index in [1.165, 1.54) is 11.3 Å². The van der Waals surface area contributed by atoms with E-state index in [1.54, 1.807) is 0 Å². The summed E-state index contributed by atoms with van der Waals surface area (Å²) in [5, 5.41) is 9.29. The van der Waals surface area contributed by atoms with Crippen molar-refractivity contribution in [2.24, 2.45) is 0 Å². The SMILES string of the molecule is CN(C)CCCOc1ccc2nc(C#N)sc2c1. The molecule has 0 radical (unpaired) electrons. The monoisotopic (exact) mass is 261 g/mol. The molecule has 0 saturated carbocycles. The first kappa shape index (κ1) is 12.8. The lowest BCUT2D eigenvalue weighted by Gasteiger charge is -2.10. The quantitative estimate of drug-likeness (QED) is 0.776. The van der Waals surface area contributed by atoms with E-state index in [0.29, 0.717) is 11.6 Å². The molecule has 1 aromatic heterocycles. The molecule has 0 spiro atoms. The second kappa shape index (κ2) is 5.80. The van der Waals surface area contributed by atoms with Gasteiger partial charge in [0.05, 0.1) is 16.8 Å². The molecule has 0 aliphatic heterocycles. The standard InChI is InChI=1S/C13H15N3OS/c1-16(2)6-3-7-17-10-4-5-11-12(8-10)18-13(9-14)15-11/h4-5,8H,3,6-7H2,1-2H3. The molecule has 0 unspecified atom stereocenters. The third-order valence-electron chi connectivity index (χ3n) is 2.47. The Morgan fingerprint density at radius 3 is 3.00 bits per heavy atom. The van der Waals surface area contributed by atoms with Crippen LogP contribution in [0.5, 0.6) is 5.75 Å². The molecule has 5 heteroatoms. The first-order chi connectivity index (χ1) is 8.69. The van der Waals surface area contributed by atoms with Crippen LogP contribution in [0.3, 0.4) is 0 Å². The summed E-state index contributed by atoms with van der Waals surface area (Å²) < 4.78 is 6.67. The van der Waals surface area contributed by atoms with Crippen molar-refractivity contribution in [1.29, 1.82) is 5.26 Å². The number of thiazole rings is 1. The normalized spacial score (nSPS) is 10.8. The second-order valence-corrected chi connectivity index (χ2v) is 5.30. The summed E-state index contributed by atoms with van der Waals surface area (Å²) in [4.78, 5) is 6.32. The van der Waals surface area contributed by atoms with Gasteiger partial charge in [0.25, 0.3) is 0 Å². The van der Waals surface area contributed by atoms with Crippen molar-refractivity contribution in [2.45, 2.75) is 6.42 Å². The minimum absolute atomic E-state index is 0.495. The molecule has 2 rings (SSSR count). The minimum atomic E-state index is 0.495. The molecule has 0 bridgehead atoms. The van der Waals surface area contributed by atoms with Crippen LogP contribution in [-0.4, -0.2) is 37.1 Å². The second-order valence-electron chi connectivity index (χ2n) is 4.27. The van der Waals surface area contributed by atoms with Crippen LogP contribution in [0, 0.1) is 11.3 Å². The molecule has 1 aromatic carbocycles. The number of ether oxygens (including phenoxy) is 1. The molecule has 0 N–H and O–H groups in total. The molecule has 1 heterocycles. The van der Waals surface area contributed by atoms with Gasteiger partial charge in [-0.15, -0.1) is 11.3 Å². The Hall–Kier alpha value is -1.64. The molecule has 18 heavy (non-hydrogen) atoms. The van der Waals surface area contributed by atoms with E-state index in [4.69, 9.17) is 10.00 Å². The van der Waals surface area contributed by atoms with E-state index >= 15 is 0 Å². The number of rotatable bonds is 5. The third-order valence-corrected chi connectivity index (χ3v) is 3.40. The fourth-order valence-electron chi connectivity index (χ4n) is 1.61. The fraction of sp³-hybridized carbons (Fsp3) is 0.385. The van der Waals surface area contributed by atoms with Crippen LogP contribution in [0.25, 0.3) is 10.2 Å². The van der Waals surface area contributed by atoms with Gasteiger partial charge in [-0.05, 0) is 38.7 Å². The van der Waals surface area contributed by atoms with Gasteiger partial charge in [0.1, 0.15) is 11.8 Å². The van der Waals surface area contributed by atoms with Gasteiger partial charge < -0.3 is 9.64 Å². The zero-order valence-electron chi connectivity index (χ0n) is 10.5. The molecule has 0 atom stereocenters. The smallest absolute Gasteiger partial charge is 0.195 e. The summed E-state index contributed by atoms with van der Waals surface area (Å²) in [5.41, 5.74) is 0.859. The molecule has 94 valence electrons. The molecule has 0 aliphatic rings. The van der Waals surface area contributed by atoms with E-state index in [-0.39, 0.29) is 0 Å². The van der Waals surface area contributed by atoms with Crippen LogP contribution < -0.4 is 4.74 Å². The van der Waals surface area contributed by atoms with E-state index in [0.717, 1.165) is 28.9 Å². The molecule has 2 aromatic rings. The molecule has 0 aliphatic carbocycles. The largest absolute Gasteiger partial charge is 0.493 e. The molecule has 0 saturated heterocycles. The predicted octanol–water partition coefficient (Wildman–Crippen LogP) is 2.50. The number of nitrogens with zero attached hydrogens (tertiary/aromatic N) is 3. The Kier molecular flexibility index (Phi) is 4.13. The molecule has 4 nitrogen and oxygen atoms in total. The van der Waals surface area contributed by atoms with E-state index in [2.05, 4.69) is 16.0 Å². The predicted molar refractivity (Wildman–Crippen MR) is 73.0 cm³/mol. The summed E-state index contributed by atoms with van der Waals surface area (Å²) in [6.07, 6.45) is 0.997. The Bertz CT molecular complexity index is 571. The third kappa shape index (κ3) is 3.19. The van der Waals surface area contributed by atoms with Crippen molar-refractivity contribution >= 4 is 21.6 Å². The van der Waals surface area contributed by atoms with Gasteiger partial charge in [0.15, 0.2) is 5.01 Å². The zero-order valence-corrected chi connectivity index (χ0v) is 11.3. The Morgan fingerprint density at radius 1 is 1.44 bits per heavy atom. The van der Waals surface area contributed by atoms with Crippen molar-refractivity contribution in [3.63, 3.8) is 0 Å². The van der Waals surface area contributed by atoms with Crippen LogP contribution in [-0.2, 0) is 0 Å². The van der Waals surface area contributed by atoms with E-state index in [1.807, 2.05) is 32.3 Å². The van der Waals surface area contributed by atoms with E-state index < -0.39 is 0 Å². The van der Waals surface area contributed by atoms with Crippen LogP contribution in [0.1, 0.15) is 11.4 Å². The van der Waals surface area contributed by atoms with Gasteiger partial charge in [0, 0.05) is 6.54 Å². The van der Waals surface area contributed by atoms with Crippen LogP contribution >= 0.6 is 11.3 Å². The highest BCUT2D eigenvalue weighted by molar-refractivity contribution is 7.19. The van der Waals surface area contributed by atoms with Crippen molar-refractivity contribution in [2.75, 3.05) is 27.2 Å². The maximum Gasteiger partial charge on any atom is 0.195 e. The lowest BCUT2D eigenvalue weighted by molar-refractivity contribution is 0.282. The van der Waals surface area contributed by atoms with E-state index in [9.17, 15) is 0 Å². The highest BCUT2D eigenvalue weighted by Crippen LogP contribution is 2.25. The number of nitriles is 1. The molecular formula is C13H15N3OS. The maximum atomic E-state index is 8.80. The van der Waals surface area contributed by atoms with Crippen LogP contribution in [0.15, 0.2) is 18.2 Å². The Labute approximate surface area is 110 Å². The van der Waals surface area contributed by atoms with Crippen LogP contribution in [0.2, 0.25) is 0 Å². The fourth-order valence-corrected chi connectivity index (χ4v) is 2.40. The number of benzene rings is 1. The topological polar surface area (TPSA) is 49.1 Å². The minimum Gasteiger partial charge on any atom is -0.493 e. The Balaban J connectivity index is 1.99. The molecular weight excluding hydrogens is 246 g/mol. The summed E-state index contributed by atoms with van der Waals surface area (Å²) in [7, 11) is 4.10. The highest BCUT2D eigenvalue weighted by Gasteiger charge is 2.04. The number of fused-ring (bicyclic) bond motifs is 1. The van der Waals surface area contributed by atoms with Crippen molar-refractivity contribution in [3.8, 4) is 11.8 Å². The number of aromatic nitrogens is 1. The lowest BCUT2D eigenvalue weighted by Crippen LogP contribution is -2.15. The van der Waals surface area contributed by atoms with Gasteiger partial charge in [-0.3, -0.25) is 0 Å². The number of hydrogen-bond donors (Lipinski definition) is 0. The van der Waals surface area contributed by atoms with Gasteiger partial charge >= 0.3 is 0 Å². The van der Waals surface area contributed by atoms with Gasteiger partial charge in [-0.1, -0.05) is 0 Å². The van der Waals surface area contributed by atoms with Crippen molar-refractivity contribution in [1.82, 2.24) is 9.88 Å². The summed E-state index contributed by atoms with van der Waals surface area (Å²) in [6.45, 7) is 1.72. The molecule has 0 fully saturated rings. The van der Waals surface area contributed by atoms with Crippen molar-refractivity contribution < 1.29 is 4.74 Å².